The van der Waals surface area contributed by atoms with E-state index in [1.54, 1.807) is 11.0 Å². The van der Waals surface area contributed by atoms with Crippen molar-refractivity contribution >= 4 is 27.5 Å². The zero-order chi connectivity index (χ0) is 22.0. The molecule has 0 bridgehead atoms. The molecule has 2 amide bonds. The molecule has 1 aromatic rings. The predicted molar refractivity (Wildman–Crippen MR) is 116 cm³/mol. The number of ether oxygens (including phenoxy) is 1. The molecule has 3 heterocycles. The number of fused-ring (bicyclic) bond motifs is 1. The molecule has 1 aromatic carbocycles. The Bertz CT molecular complexity index is 937. The summed E-state index contributed by atoms with van der Waals surface area (Å²) >= 11 is 0. The Morgan fingerprint density at radius 2 is 1.74 bits per heavy atom. The molecule has 0 atom stereocenters. The van der Waals surface area contributed by atoms with Crippen molar-refractivity contribution in [3.63, 3.8) is 0 Å². The smallest absolute Gasteiger partial charge is 0.265 e. The Morgan fingerprint density at radius 1 is 1.03 bits per heavy atom. The molecule has 0 N–H and O–H groups in total. The number of nitrogens with zero attached hydrogens (tertiary/aromatic N) is 4. The summed E-state index contributed by atoms with van der Waals surface area (Å²) in [5.74, 6) is -0.0670. The molecule has 0 spiro atoms. The number of sulfonamides is 1. The maximum Gasteiger partial charge on any atom is 0.265 e. The number of likely N-dealkylation sites (N-methyl/N-ethyl adjacent to an activating group) is 1. The number of hydrogen-bond acceptors (Lipinski definition) is 6. The highest BCUT2D eigenvalue weighted by Gasteiger charge is 2.33. The number of carbonyl (C=O) groups excluding carboxylic acids is 2. The predicted octanol–water partition coefficient (Wildman–Crippen LogP) is 0.751. The van der Waals surface area contributed by atoms with Crippen molar-refractivity contribution in [2.24, 2.45) is 0 Å². The molecule has 0 unspecified atom stereocenters. The lowest BCUT2D eigenvalue weighted by atomic mass is 10.2. The van der Waals surface area contributed by atoms with Crippen molar-refractivity contribution in [1.29, 1.82) is 0 Å². The van der Waals surface area contributed by atoms with E-state index in [0.29, 0.717) is 37.6 Å². The van der Waals surface area contributed by atoms with Gasteiger partial charge in [0.25, 0.3) is 5.91 Å². The Balaban J connectivity index is 1.55. The minimum absolute atomic E-state index is 0.117. The van der Waals surface area contributed by atoms with Gasteiger partial charge in [-0.15, -0.1) is 0 Å². The monoisotopic (exact) mass is 450 g/mol. The highest BCUT2D eigenvalue weighted by molar-refractivity contribution is 7.89. The van der Waals surface area contributed by atoms with Gasteiger partial charge in [-0.2, -0.15) is 4.31 Å². The standard InChI is InChI=1S/C21H30N4O5S/c1-2-22-10-12-23(13-11-22)20(26)15-25-18-14-17(6-7-19(18)30-16-21(25)27)31(28,29)24-8-4-3-5-9-24/h6-7,14H,2-5,8-13,15-16H2,1H3. The number of carbonyl (C=O) groups is 2. The van der Waals surface area contributed by atoms with E-state index in [1.165, 1.54) is 21.3 Å². The van der Waals surface area contributed by atoms with E-state index < -0.39 is 10.0 Å². The highest BCUT2D eigenvalue weighted by Crippen LogP contribution is 2.35. The lowest BCUT2D eigenvalue weighted by molar-refractivity contribution is -0.133. The van der Waals surface area contributed by atoms with Crippen LogP contribution in [0.1, 0.15) is 26.2 Å². The average Bonchev–Trinajstić information content (AvgIpc) is 2.81. The van der Waals surface area contributed by atoms with Gasteiger partial charge in [0, 0.05) is 39.3 Å². The van der Waals surface area contributed by atoms with Crippen LogP contribution in [0.25, 0.3) is 0 Å². The molecule has 3 aliphatic heterocycles. The van der Waals surface area contributed by atoms with Crippen LogP contribution in [0.5, 0.6) is 5.75 Å². The van der Waals surface area contributed by atoms with Crippen molar-refractivity contribution in [3.05, 3.63) is 18.2 Å². The zero-order valence-electron chi connectivity index (χ0n) is 18.0. The number of rotatable bonds is 5. The van der Waals surface area contributed by atoms with E-state index >= 15 is 0 Å². The molecule has 0 radical (unpaired) electrons. The van der Waals surface area contributed by atoms with Crippen LogP contribution >= 0.6 is 0 Å². The van der Waals surface area contributed by atoms with Crippen molar-refractivity contribution in [3.8, 4) is 5.75 Å². The van der Waals surface area contributed by atoms with Crippen LogP contribution in [0, 0.1) is 0 Å². The van der Waals surface area contributed by atoms with Crippen LogP contribution in [0.3, 0.4) is 0 Å². The minimum atomic E-state index is -3.66. The molecule has 3 aliphatic rings. The van der Waals surface area contributed by atoms with Crippen LogP contribution in [0.2, 0.25) is 0 Å². The van der Waals surface area contributed by atoms with E-state index in [1.807, 2.05) is 0 Å². The summed E-state index contributed by atoms with van der Waals surface area (Å²) in [4.78, 5) is 31.0. The number of anilines is 1. The summed E-state index contributed by atoms with van der Waals surface area (Å²) in [6.45, 7) is 6.64. The molecule has 2 saturated heterocycles. The van der Waals surface area contributed by atoms with Gasteiger partial charge in [-0.1, -0.05) is 13.3 Å². The second kappa shape index (κ2) is 9.13. The average molecular weight is 451 g/mol. The second-order valence-corrected chi connectivity index (χ2v) is 10.1. The van der Waals surface area contributed by atoms with Gasteiger partial charge in [-0.05, 0) is 37.6 Å². The molecule has 0 aromatic heterocycles. The number of piperazine rings is 1. The normalized spacial score (nSPS) is 21.0. The molecule has 0 aliphatic carbocycles. The Hall–Kier alpha value is -2.17. The fraction of sp³-hybridized carbons (Fsp3) is 0.619. The van der Waals surface area contributed by atoms with Crippen LogP contribution in [-0.2, 0) is 19.6 Å². The summed E-state index contributed by atoms with van der Waals surface area (Å²) in [6.07, 6.45) is 2.72. The molecule has 170 valence electrons. The number of hydrogen-bond donors (Lipinski definition) is 0. The number of amides is 2. The highest BCUT2D eigenvalue weighted by atomic mass is 32.2. The summed E-state index contributed by atoms with van der Waals surface area (Å²) < 4.78 is 33.2. The van der Waals surface area contributed by atoms with Gasteiger partial charge >= 0.3 is 0 Å². The Kier molecular flexibility index (Phi) is 6.49. The van der Waals surface area contributed by atoms with Crippen LogP contribution < -0.4 is 9.64 Å². The third-order valence-electron chi connectivity index (χ3n) is 6.29. The third kappa shape index (κ3) is 4.56. The molecule has 2 fully saturated rings. The van der Waals surface area contributed by atoms with E-state index in [2.05, 4.69) is 11.8 Å². The molecule has 31 heavy (non-hydrogen) atoms. The lowest BCUT2D eigenvalue weighted by Gasteiger charge is -2.36. The van der Waals surface area contributed by atoms with E-state index in [0.717, 1.165) is 38.9 Å². The first-order chi connectivity index (χ1) is 14.9. The Labute approximate surface area is 183 Å². The van der Waals surface area contributed by atoms with Crippen molar-refractivity contribution in [2.45, 2.75) is 31.1 Å². The quantitative estimate of drug-likeness (QED) is 0.658. The maximum absolute atomic E-state index is 13.1. The largest absolute Gasteiger partial charge is 0.482 e. The van der Waals surface area contributed by atoms with Crippen molar-refractivity contribution < 1.29 is 22.7 Å². The molecular weight excluding hydrogens is 420 g/mol. The minimum Gasteiger partial charge on any atom is -0.482 e. The molecule has 9 nitrogen and oxygen atoms in total. The second-order valence-electron chi connectivity index (χ2n) is 8.18. The van der Waals surface area contributed by atoms with Gasteiger partial charge in [0.2, 0.25) is 15.9 Å². The molecule has 4 rings (SSSR count). The van der Waals surface area contributed by atoms with Gasteiger partial charge in [-0.25, -0.2) is 8.42 Å². The van der Waals surface area contributed by atoms with Gasteiger partial charge in [-0.3, -0.25) is 14.5 Å². The third-order valence-corrected chi connectivity index (χ3v) is 8.19. The van der Waals surface area contributed by atoms with Crippen molar-refractivity contribution in [1.82, 2.24) is 14.1 Å². The fourth-order valence-corrected chi connectivity index (χ4v) is 5.86. The molecular formula is C21H30N4O5S. The maximum atomic E-state index is 13.1. The van der Waals surface area contributed by atoms with Gasteiger partial charge in [0.1, 0.15) is 12.3 Å². The van der Waals surface area contributed by atoms with E-state index in [4.69, 9.17) is 4.74 Å². The first kappa shape index (κ1) is 22.0. The van der Waals surface area contributed by atoms with Crippen molar-refractivity contribution in [2.75, 3.05) is 63.9 Å². The van der Waals surface area contributed by atoms with Gasteiger partial charge < -0.3 is 14.5 Å². The zero-order valence-corrected chi connectivity index (χ0v) is 18.8. The topological polar surface area (TPSA) is 90.5 Å². The van der Waals surface area contributed by atoms with Crippen LogP contribution in [0.15, 0.2) is 23.1 Å². The van der Waals surface area contributed by atoms with Crippen LogP contribution in [0.4, 0.5) is 5.69 Å². The number of piperidine rings is 1. The first-order valence-electron chi connectivity index (χ1n) is 11.0. The Morgan fingerprint density at radius 3 is 2.42 bits per heavy atom. The molecule has 10 heteroatoms. The lowest BCUT2D eigenvalue weighted by Crippen LogP contribution is -2.52. The molecule has 0 saturated carbocycles. The van der Waals surface area contributed by atoms with Crippen LogP contribution in [-0.4, -0.2) is 93.3 Å². The van der Waals surface area contributed by atoms with Gasteiger partial charge in [0.05, 0.1) is 10.6 Å². The summed E-state index contributed by atoms with van der Waals surface area (Å²) in [5, 5.41) is 0. The van der Waals surface area contributed by atoms with Gasteiger partial charge in [0.15, 0.2) is 6.61 Å². The summed E-state index contributed by atoms with van der Waals surface area (Å²) in [7, 11) is -3.66. The summed E-state index contributed by atoms with van der Waals surface area (Å²) in [5.41, 5.74) is 0.342. The van der Waals surface area contributed by atoms with E-state index in [9.17, 15) is 18.0 Å². The number of benzene rings is 1. The fourth-order valence-electron chi connectivity index (χ4n) is 4.32. The summed E-state index contributed by atoms with van der Waals surface area (Å²) in [6, 6.07) is 4.57. The first-order valence-corrected chi connectivity index (χ1v) is 12.4. The SMILES string of the molecule is CCN1CCN(C(=O)CN2C(=O)COc3ccc(S(=O)(=O)N4CCCCC4)cc32)CC1. The van der Waals surface area contributed by atoms with E-state index in [-0.39, 0.29) is 29.9 Å².